The highest BCUT2D eigenvalue weighted by molar-refractivity contribution is 9.10. The smallest absolute Gasteiger partial charge is 0.219 e. The number of hydrogen-bond donors (Lipinski definition) is 0. The Morgan fingerprint density at radius 2 is 1.23 bits per heavy atom. The van der Waals surface area contributed by atoms with Crippen molar-refractivity contribution in [2.45, 2.75) is 27.8 Å². The molecule has 0 saturated carbocycles. The van der Waals surface area contributed by atoms with Gasteiger partial charge in [0, 0.05) is 10.0 Å². The summed E-state index contributed by atoms with van der Waals surface area (Å²) in [4.78, 5) is -0.816. The van der Waals surface area contributed by atoms with Crippen LogP contribution in [-0.2, 0) is 15.5 Å². The van der Waals surface area contributed by atoms with Crippen LogP contribution in [0.5, 0.6) is 0 Å². The number of halogens is 8. The quantitative estimate of drug-likeness (QED) is 0.556. The van der Waals surface area contributed by atoms with Crippen LogP contribution in [0.15, 0.2) is 62.8 Å². The fourth-order valence-electron chi connectivity index (χ4n) is 2.12. The second-order valence-corrected chi connectivity index (χ2v) is 8.00. The van der Waals surface area contributed by atoms with Crippen molar-refractivity contribution < 1.29 is 39.2 Å². The van der Waals surface area contributed by atoms with Crippen LogP contribution < -0.4 is 0 Å². The standard InChI is InChI=1S/C15H8BrF7O2S/c16-10-2-1-3-12(8-10)26(24,25)11-6-4-9(5-7-11)13(17,14(18,19)20)15(21,22)23/h1-8H. The highest BCUT2D eigenvalue weighted by Crippen LogP contribution is 2.53. The van der Waals surface area contributed by atoms with Crippen LogP contribution in [0.4, 0.5) is 30.7 Å². The van der Waals surface area contributed by atoms with Crippen LogP contribution in [0.25, 0.3) is 0 Å². The topological polar surface area (TPSA) is 34.1 Å². The van der Waals surface area contributed by atoms with Gasteiger partial charge in [0.15, 0.2) is 0 Å². The summed E-state index contributed by atoms with van der Waals surface area (Å²) in [5.74, 6) is 0. The van der Waals surface area contributed by atoms with E-state index in [1.165, 1.54) is 24.3 Å². The molecular weight excluding hydrogens is 457 g/mol. The summed E-state index contributed by atoms with van der Waals surface area (Å²) in [7, 11) is -4.21. The molecule has 0 aliphatic carbocycles. The van der Waals surface area contributed by atoms with E-state index in [-0.39, 0.29) is 17.0 Å². The van der Waals surface area contributed by atoms with Crippen molar-refractivity contribution in [3.05, 3.63) is 58.6 Å². The Morgan fingerprint density at radius 3 is 1.65 bits per heavy atom. The van der Waals surface area contributed by atoms with Gasteiger partial charge < -0.3 is 0 Å². The summed E-state index contributed by atoms with van der Waals surface area (Å²) in [6.07, 6.45) is -12.5. The molecule has 0 spiro atoms. The molecule has 2 aromatic rings. The molecule has 0 heterocycles. The van der Waals surface area contributed by atoms with Gasteiger partial charge in [-0.1, -0.05) is 34.1 Å². The lowest BCUT2D eigenvalue weighted by molar-refractivity contribution is -0.348. The third kappa shape index (κ3) is 3.46. The van der Waals surface area contributed by atoms with E-state index in [0.29, 0.717) is 16.6 Å². The molecule has 2 aromatic carbocycles. The van der Waals surface area contributed by atoms with E-state index < -0.39 is 38.3 Å². The maximum absolute atomic E-state index is 13.9. The van der Waals surface area contributed by atoms with Crippen molar-refractivity contribution in [3.8, 4) is 0 Å². The highest BCUT2D eigenvalue weighted by atomic mass is 79.9. The third-order valence-electron chi connectivity index (χ3n) is 3.45. The van der Waals surface area contributed by atoms with E-state index in [4.69, 9.17) is 0 Å². The number of benzene rings is 2. The minimum atomic E-state index is -6.27. The van der Waals surface area contributed by atoms with E-state index >= 15 is 0 Å². The van der Waals surface area contributed by atoms with E-state index in [1.54, 1.807) is 0 Å². The van der Waals surface area contributed by atoms with Crippen LogP contribution in [-0.4, -0.2) is 20.8 Å². The fraction of sp³-hybridized carbons (Fsp3) is 0.200. The molecule has 0 atom stereocenters. The monoisotopic (exact) mass is 464 g/mol. The van der Waals surface area contributed by atoms with Gasteiger partial charge in [-0.25, -0.2) is 12.8 Å². The predicted octanol–water partition coefficient (Wildman–Crippen LogP) is 5.57. The average molecular weight is 465 g/mol. The molecular formula is C15H8BrF7O2S. The van der Waals surface area contributed by atoms with Gasteiger partial charge in [-0.2, -0.15) is 26.3 Å². The third-order valence-corrected chi connectivity index (χ3v) is 5.71. The maximum atomic E-state index is 13.9. The number of sulfone groups is 1. The van der Waals surface area contributed by atoms with Crippen molar-refractivity contribution in [3.63, 3.8) is 0 Å². The van der Waals surface area contributed by atoms with Gasteiger partial charge in [0.1, 0.15) is 0 Å². The molecule has 0 fully saturated rings. The van der Waals surface area contributed by atoms with Crippen molar-refractivity contribution in [1.29, 1.82) is 0 Å². The van der Waals surface area contributed by atoms with Gasteiger partial charge in [-0.05, 0) is 30.3 Å². The molecule has 26 heavy (non-hydrogen) atoms. The molecule has 142 valence electrons. The summed E-state index contributed by atoms with van der Waals surface area (Å²) < 4.78 is 115. The Balaban J connectivity index is 2.54. The van der Waals surface area contributed by atoms with Gasteiger partial charge in [-0.15, -0.1) is 0 Å². The first-order valence-electron chi connectivity index (χ1n) is 6.65. The zero-order chi connectivity index (χ0) is 20.0. The first-order chi connectivity index (χ1) is 11.7. The largest absolute Gasteiger partial charge is 0.435 e. The molecule has 0 aromatic heterocycles. The molecule has 0 amide bonds. The Morgan fingerprint density at radius 1 is 0.731 bits per heavy atom. The van der Waals surface area contributed by atoms with Crippen LogP contribution in [0, 0.1) is 0 Å². The van der Waals surface area contributed by atoms with E-state index in [2.05, 4.69) is 15.9 Å². The summed E-state index contributed by atoms with van der Waals surface area (Å²) in [5, 5.41) is 0. The highest BCUT2D eigenvalue weighted by Gasteiger charge is 2.73. The number of rotatable bonds is 3. The molecule has 0 bridgehead atoms. The second kappa shape index (κ2) is 6.52. The lowest BCUT2D eigenvalue weighted by atomic mass is 9.94. The van der Waals surface area contributed by atoms with Crippen molar-refractivity contribution in [1.82, 2.24) is 0 Å². The minimum absolute atomic E-state index is 0.159. The number of hydrogen-bond acceptors (Lipinski definition) is 2. The summed E-state index contributed by atoms with van der Waals surface area (Å²) in [6, 6.07) is 6.61. The van der Waals surface area contributed by atoms with Crippen LogP contribution in [0.2, 0.25) is 0 Å². The molecule has 2 nitrogen and oxygen atoms in total. The normalized spacial score (nSPS) is 13.7. The molecule has 0 radical (unpaired) electrons. The zero-order valence-electron chi connectivity index (χ0n) is 12.4. The summed E-state index contributed by atoms with van der Waals surface area (Å²) >= 11 is 3.04. The van der Waals surface area contributed by atoms with Crippen LogP contribution in [0.1, 0.15) is 5.56 Å². The predicted molar refractivity (Wildman–Crippen MR) is 80.9 cm³/mol. The van der Waals surface area contributed by atoms with E-state index in [1.807, 2.05) is 0 Å². The van der Waals surface area contributed by atoms with Gasteiger partial charge in [-0.3, -0.25) is 0 Å². The van der Waals surface area contributed by atoms with E-state index in [0.717, 1.165) is 0 Å². The molecule has 0 aliphatic rings. The van der Waals surface area contributed by atoms with Crippen LogP contribution in [0.3, 0.4) is 0 Å². The Hall–Kier alpha value is -1.62. The molecule has 0 aliphatic heterocycles. The van der Waals surface area contributed by atoms with Crippen molar-refractivity contribution >= 4 is 25.8 Å². The average Bonchev–Trinajstić information content (AvgIpc) is 2.52. The van der Waals surface area contributed by atoms with Gasteiger partial charge >= 0.3 is 18.0 Å². The Kier molecular flexibility index (Phi) is 5.19. The molecule has 11 heteroatoms. The molecule has 0 unspecified atom stereocenters. The van der Waals surface area contributed by atoms with Crippen molar-refractivity contribution in [2.24, 2.45) is 0 Å². The van der Waals surface area contributed by atoms with Gasteiger partial charge in [0.25, 0.3) is 0 Å². The minimum Gasteiger partial charge on any atom is -0.219 e. The first kappa shape index (κ1) is 20.7. The molecule has 0 saturated heterocycles. The number of alkyl halides is 7. The van der Waals surface area contributed by atoms with Gasteiger partial charge in [0.2, 0.25) is 9.84 Å². The SMILES string of the molecule is O=S(=O)(c1ccc(C(F)(C(F)(F)F)C(F)(F)F)cc1)c1cccc(Br)c1. The molecule has 2 rings (SSSR count). The fourth-order valence-corrected chi connectivity index (χ4v) is 3.98. The molecule has 0 N–H and O–H groups in total. The Labute approximate surface area is 151 Å². The van der Waals surface area contributed by atoms with E-state index in [9.17, 15) is 39.2 Å². The summed E-state index contributed by atoms with van der Waals surface area (Å²) in [5.41, 5.74) is -7.37. The Bertz CT molecular complexity index is 889. The lowest BCUT2D eigenvalue weighted by Crippen LogP contribution is -2.50. The van der Waals surface area contributed by atoms with Crippen molar-refractivity contribution in [2.75, 3.05) is 0 Å². The summed E-state index contributed by atoms with van der Waals surface area (Å²) in [6.45, 7) is 0. The zero-order valence-corrected chi connectivity index (χ0v) is 14.8. The second-order valence-electron chi connectivity index (χ2n) is 5.14. The maximum Gasteiger partial charge on any atom is 0.435 e. The van der Waals surface area contributed by atoms with Crippen LogP contribution >= 0.6 is 15.9 Å². The van der Waals surface area contributed by atoms with Gasteiger partial charge in [0.05, 0.1) is 9.79 Å². The lowest BCUT2D eigenvalue weighted by Gasteiger charge is -2.30. The first-order valence-corrected chi connectivity index (χ1v) is 8.92.